The van der Waals surface area contributed by atoms with Gasteiger partial charge in [0.2, 0.25) is 5.91 Å². The van der Waals surface area contributed by atoms with E-state index in [0.717, 1.165) is 0 Å². The number of nitrogens with one attached hydrogen (secondary N) is 1. The third kappa shape index (κ3) is 3.38. The van der Waals surface area contributed by atoms with Gasteiger partial charge in [-0.2, -0.15) is 11.8 Å². The molecule has 5 nitrogen and oxygen atoms in total. The van der Waals surface area contributed by atoms with Gasteiger partial charge in [0.15, 0.2) is 0 Å². The molecule has 1 aliphatic heterocycles. The molecule has 1 heterocycles. The molecule has 0 aromatic carbocycles. The Hall–Kier alpha value is -0.750. The van der Waals surface area contributed by atoms with E-state index in [1.165, 1.54) is 0 Å². The van der Waals surface area contributed by atoms with Crippen LogP contribution in [0.3, 0.4) is 0 Å². The maximum atomic E-state index is 11.6. The van der Waals surface area contributed by atoms with E-state index in [9.17, 15) is 14.7 Å². The zero-order chi connectivity index (χ0) is 12.0. The Kier molecular flexibility index (Phi) is 5.08. The average Bonchev–Trinajstić information content (AvgIpc) is 2.27. The summed E-state index contributed by atoms with van der Waals surface area (Å²) < 4.78 is 5.12. The highest BCUT2D eigenvalue weighted by atomic mass is 32.2. The summed E-state index contributed by atoms with van der Waals surface area (Å²) in [5.41, 5.74) is -1.12. The lowest BCUT2D eigenvalue weighted by Gasteiger charge is -2.33. The monoisotopic (exact) mass is 247 g/mol. The van der Waals surface area contributed by atoms with Gasteiger partial charge in [0, 0.05) is 38.2 Å². The average molecular weight is 247 g/mol. The topological polar surface area (TPSA) is 75.6 Å². The van der Waals surface area contributed by atoms with Crippen molar-refractivity contribution in [3.63, 3.8) is 0 Å². The first-order valence-electron chi connectivity index (χ1n) is 5.22. The maximum Gasteiger partial charge on any atom is 0.329 e. The van der Waals surface area contributed by atoms with Gasteiger partial charge in [-0.1, -0.05) is 0 Å². The summed E-state index contributed by atoms with van der Waals surface area (Å²) in [4.78, 5) is 22.8. The minimum Gasteiger partial charge on any atom is -0.480 e. The van der Waals surface area contributed by atoms with Crippen LogP contribution < -0.4 is 5.32 Å². The Morgan fingerprint density at radius 3 is 2.56 bits per heavy atom. The molecule has 16 heavy (non-hydrogen) atoms. The first-order valence-corrected chi connectivity index (χ1v) is 6.61. The number of carboxylic acids is 1. The number of hydrogen-bond donors (Lipinski definition) is 2. The standard InChI is InChI=1S/C10H17NO4S/c1-16-7-2-8(12)11-10(9(13)14)3-5-15-6-4-10/h2-7H2,1H3,(H,11,12)(H,13,14). The number of hydrogen-bond acceptors (Lipinski definition) is 4. The van der Waals surface area contributed by atoms with Crippen LogP contribution in [0.15, 0.2) is 0 Å². The zero-order valence-corrected chi connectivity index (χ0v) is 10.1. The predicted octanol–water partition coefficient (Wildman–Crippen LogP) is 0.489. The van der Waals surface area contributed by atoms with Gasteiger partial charge in [-0.25, -0.2) is 4.79 Å². The van der Waals surface area contributed by atoms with E-state index in [2.05, 4.69) is 5.32 Å². The fourth-order valence-electron chi connectivity index (χ4n) is 1.64. The van der Waals surface area contributed by atoms with Crippen LogP contribution in [0.25, 0.3) is 0 Å². The molecule has 0 aromatic rings. The van der Waals surface area contributed by atoms with E-state index >= 15 is 0 Å². The predicted molar refractivity (Wildman–Crippen MR) is 61.6 cm³/mol. The zero-order valence-electron chi connectivity index (χ0n) is 9.32. The molecule has 0 aliphatic carbocycles. The fourth-order valence-corrected chi connectivity index (χ4v) is 2.03. The second-order valence-corrected chi connectivity index (χ2v) is 4.78. The molecule has 0 radical (unpaired) electrons. The van der Waals surface area contributed by atoms with Gasteiger partial charge in [-0.05, 0) is 6.26 Å². The summed E-state index contributed by atoms with van der Waals surface area (Å²) in [7, 11) is 0. The molecule has 0 atom stereocenters. The van der Waals surface area contributed by atoms with E-state index in [0.29, 0.717) is 38.2 Å². The molecule has 1 aliphatic rings. The number of thioether (sulfide) groups is 1. The largest absolute Gasteiger partial charge is 0.480 e. The van der Waals surface area contributed by atoms with Crippen molar-refractivity contribution in [1.29, 1.82) is 0 Å². The van der Waals surface area contributed by atoms with Gasteiger partial charge >= 0.3 is 5.97 Å². The third-order valence-corrected chi connectivity index (χ3v) is 3.28. The molecule has 0 unspecified atom stereocenters. The summed E-state index contributed by atoms with van der Waals surface area (Å²) in [5, 5.41) is 11.8. The second-order valence-electron chi connectivity index (χ2n) is 3.79. The highest BCUT2D eigenvalue weighted by Gasteiger charge is 2.41. The lowest BCUT2D eigenvalue weighted by Crippen LogP contribution is -2.57. The van der Waals surface area contributed by atoms with Crippen molar-refractivity contribution in [3.05, 3.63) is 0 Å². The number of carboxylic acid groups (broad SMARTS) is 1. The second kappa shape index (κ2) is 6.10. The van der Waals surface area contributed by atoms with E-state index in [1.807, 2.05) is 6.26 Å². The number of aliphatic carboxylic acids is 1. The Morgan fingerprint density at radius 1 is 1.44 bits per heavy atom. The quantitative estimate of drug-likeness (QED) is 0.739. The van der Waals surface area contributed by atoms with Crippen LogP contribution in [0.4, 0.5) is 0 Å². The first kappa shape index (κ1) is 13.3. The summed E-state index contributed by atoms with van der Waals surface area (Å²) >= 11 is 1.57. The maximum absolute atomic E-state index is 11.6. The number of rotatable bonds is 5. The van der Waals surface area contributed by atoms with Crippen LogP contribution in [0.1, 0.15) is 19.3 Å². The van der Waals surface area contributed by atoms with Crippen LogP contribution in [0.5, 0.6) is 0 Å². The first-order chi connectivity index (χ1) is 7.60. The normalized spacial score (nSPS) is 19.1. The van der Waals surface area contributed by atoms with Gasteiger partial charge in [-0.3, -0.25) is 4.79 Å². The lowest BCUT2D eigenvalue weighted by atomic mass is 9.90. The third-order valence-electron chi connectivity index (χ3n) is 2.67. The molecule has 1 rings (SSSR count). The van der Waals surface area contributed by atoms with Gasteiger partial charge < -0.3 is 15.2 Å². The summed E-state index contributed by atoms with van der Waals surface area (Å²) in [6, 6.07) is 0. The molecular formula is C10H17NO4S. The molecule has 1 fully saturated rings. The van der Waals surface area contributed by atoms with Crippen LogP contribution in [-0.2, 0) is 14.3 Å². The number of ether oxygens (including phenoxy) is 1. The Morgan fingerprint density at radius 2 is 2.06 bits per heavy atom. The van der Waals surface area contributed by atoms with Gasteiger partial charge in [-0.15, -0.1) is 0 Å². The van der Waals surface area contributed by atoms with Crippen LogP contribution in [0.2, 0.25) is 0 Å². The van der Waals surface area contributed by atoms with Crippen molar-refractivity contribution in [1.82, 2.24) is 5.32 Å². The Labute approximate surface area is 98.9 Å². The molecule has 1 amide bonds. The number of carbonyl (C=O) groups excluding carboxylic acids is 1. The molecule has 0 spiro atoms. The molecule has 0 saturated carbocycles. The van der Waals surface area contributed by atoms with Crippen molar-refractivity contribution in [2.24, 2.45) is 0 Å². The molecule has 0 bridgehead atoms. The van der Waals surface area contributed by atoms with Crippen LogP contribution in [0, 0.1) is 0 Å². The minimum atomic E-state index is -1.12. The van der Waals surface area contributed by atoms with E-state index in [1.54, 1.807) is 11.8 Å². The molecule has 92 valence electrons. The number of amides is 1. The van der Waals surface area contributed by atoms with Crippen molar-refractivity contribution in [3.8, 4) is 0 Å². The van der Waals surface area contributed by atoms with Crippen LogP contribution >= 0.6 is 11.8 Å². The summed E-state index contributed by atoms with van der Waals surface area (Å²) in [5.74, 6) is -0.454. The summed E-state index contributed by atoms with van der Waals surface area (Å²) in [6.07, 6.45) is 2.95. The van der Waals surface area contributed by atoms with E-state index in [-0.39, 0.29) is 5.91 Å². The van der Waals surface area contributed by atoms with Gasteiger partial charge in [0.05, 0.1) is 0 Å². The minimum absolute atomic E-state index is 0.196. The highest BCUT2D eigenvalue weighted by molar-refractivity contribution is 7.98. The van der Waals surface area contributed by atoms with Crippen molar-refractivity contribution in [2.45, 2.75) is 24.8 Å². The number of carbonyl (C=O) groups is 2. The highest BCUT2D eigenvalue weighted by Crippen LogP contribution is 2.21. The Balaban J connectivity index is 2.56. The van der Waals surface area contributed by atoms with Gasteiger partial charge in [0.1, 0.15) is 5.54 Å². The van der Waals surface area contributed by atoms with Gasteiger partial charge in [0.25, 0.3) is 0 Å². The van der Waals surface area contributed by atoms with Crippen molar-refractivity contribution in [2.75, 3.05) is 25.2 Å². The van der Waals surface area contributed by atoms with E-state index < -0.39 is 11.5 Å². The SMILES string of the molecule is CSCCC(=O)NC1(C(=O)O)CCOCC1. The fraction of sp³-hybridized carbons (Fsp3) is 0.800. The van der Waals surface area contributed by atoms with Crippen molar-refractivity contribution >= 4 is 23.6 Å². The molecule has 1 saturated heterocycles. The summed E-state index contributed by atoms with van der Waals surface area (Å²) in [6.45, 7) is 0.768. The smallest absolute Gasteiger partial charge is 0.329 e. The Bertz CT molecular complexity index is 264. The molecule has 6 heteroatoms. The lowest BCUT2D eigenvalue weighted by molar-refractivity contribution is -0.152. The van der Waals surface area contributed by atoms with E-state index in [4.69, 9.17) is 4.74 Å². The van der Waals surface area contributed by atoms with Crippen LogP contribution in [-0.4, -0.2) is 47.7 Å². The molecule has 0 aromatic heterocycles. The molecule has 2 N–H and O–H groups in total. The van der Waals surface area contributed by atoms with Crippen molar-refractivity contribution < 1.29 is 19.4 Å². The molecular weight excluding hydrogens is 230 g/mol.